The molecule has 1 amide bonds. The lowest BCUT2D eigenvalue weighted by atomic mass is 10.1. The van der Waals surface area contributed by atoms with Gasteiger partial charge in [-0.2, -0.15) is 0 Å². The molecule has 0 atom stereocenters. The van der Waals surface area contributed by atoms with Gasteiger partial charge in [-0.25, -0.2) is 0 Å². The second-order valence-electron chi connectivity index (χ2n) is 3.87. The van der Waals surface area contributed by atoms with Crippen LogP contribution in [0.3, 0.4) is 0 Å². The van der Waals surface area contributed by atoms with Crippen molar-refractivity contribution in [2.75, 3.05) is 11.1 Å². The van der Waals surface area contributed by atoms with Gasteiger partial charge in [-0.1, -0.05) is 11.6 Å². The van der Waals surface area contributed by atoms with E-state index in [4.69, 9.17) is 23.1 Å². The Morgan fingerprint density at radius 2 is 2.16 bits per heavy atom. The maximum absolute atomic E-state index is 11.4. The van der Waals surface area contributed by atoms with Crippen molar-refractivity contribution >= 4 is 56.1 Å². The smallest absolute Gasteiger partial charge is 0.250 e. The van der Waals surface area contributed by atoms with Gasteiger partial charge in [0.2, 0.25) is 0 Å². The quantitative estimate of drug-likeness (QED) is 0.730. The van der Waals surface area contributed by atoms with Crippen LogP contribution in [0.25, 0.3) is 0 Å². The first kappa shape index (κ1) is 14.2. The summed E-state index contributed by atoms with van der Waals surface area (Å²) in [5, 5.41) is 5.48. The van der Waals surface area contributed by atoms with Crippen LogP contribution in [0.5, 0.6) is 0 Å². The standard InChI is InChI=1S/C12H11BrClN3OS/c13-6-1-8(19-5-6)4-17-11-9(12(16)18)2-7(15)3-10(11)14/h1-3,5,17H,4,15H2,(H2,16,18). The minimum atomic E-state index is -0.566. The second kappa shape index (κ2) is 5.81. The number of halogens is 2. The van der Waals surface area contributed by atoms with Gasteiger partial charge < -0.3 is 16.8 Å². The third kappa shape index (κ3) is 3.40. The highest BCUT2D eigenvalue weighted by Crippen LogP contribution is 2.30. The topological polar surface area (TPSA) is 81.1 Å². The van der Waals surface area contributed by atoms with Gasteiger partial charge >= 0.3 is 0 Å². The predicted molar refractivity (Wildman–Crippen MR) is 83.7 cm³/mol. The van der Waals surface area contributed by atoms with Gasteiger partial charge in [0.25, 0.3) is 5.91 Å². The first-order valence-electron chi connectivity index (χ1n) is 5.33. The molecule has 1 heterocycles. The maximum Gasteiger partial charge on any atom is 0.250 e. The Kier molecular flexibility index (Phi) is 4.34. The zero-order valence-corrected chi connectivity index (χ0v) is 12.9. The Morgan fingerprint density at radius 1 is 1.42 bits per heavy atom. The van der Waals surface area contributed by atoms with E-state index < -0.39 is 5.91 Å². The third-order valence-electron chi connectivity index (χ3n) is 2.44. The number of anilines is 2. The Bertz CT molecular complexity index is 629. The molecule has 0 aliphatic heterocycles. The monoisotopic (exact) mass is 359 g/mol. The molecule has 0 radical (unpaired) electrons. The number of carbonyl (C=O) groups excluding carboxylic acids is 1. The average molecular weight is 361 g/mol. The van der Waals surface area contributed by atoms with Crippen molar-refractivity contribution in [2.24, 2.45) is 5.73 Å². The highest BCUT2D eigenvalue weighted by Gasteiger charge is 2.13. The van der Waals surface area contributed by atoms with E-state index in [-0.39, 0.29) is 0 Å². The fraction of sp³-hybridized carbons (Fsp3) is 0.0833. The molecule has 1 aromatic carbocycles. The maximum atomic E-state index is 11.4. The molecule has 7 heteroatoms. The molecule has 100 valence electrons. The number of hydrogen-bond acceptors (Lipinski definition) is 4. The van der Waals surface area contributed by atoms with Crippen molar-refractivity contribution in [3.63, 3.8) is 0 Å². The molecule has 0 saturated heterocycles. The number of benzene rings is 1. The van der Waals surface area contributed by atoms with E-state index in [1.54, 1.807) is 17.4 Å². The highest BCUT2D eigenvalue weighted by molar-refractivity contribution is 9.10. The summed E-state index contributed by atoms with van der Waals surface area (Å²) in [4.78, 5) is 12.5. The van der Waals surface area contributed by atoms with Crippen molar-refractivity contribution in [1.82, 2.24) is 0 Å². The van der Waals surface area contributed by atoms with Crippen LogP contribution < -0.4 is 16.8 Å². The molecular formula is C12H11BrClN3OS. The summed E-state index contributed by atoms with van der Waals surface area (Å²) >= 11 is 11.1. The summed E-state index contributed by atoms with van der Waals surface area (Å²) < 4.78 is 1.02. The Morgan fingerprint density at radius 3 is 2.74 bits per heavy atom. The van der Waals surface area contributed by atoms with E-state index in [0.717, 1.165) is 9.35 Å². The summed E-state index contributed by atoms with van der Waals surface area (Å²) in [6, 6.07) is 5.09. The number of nitrogens with one attached hydrogen (secondary N) is 1. The second-order valence-corrected chi connectivity index (χ2v) is 6.19. The predicted octanol–water partition coefficient (Wildman–Crippen LogP) is 3.46. The number of hydrogen-bond donors (Lipinski definition) is 3. The number of thiophene rings is 1. The minimum Gasteiger partial charge on any atom is -0.399 e. The summed E-state index contributed by atoms with van der Waals surface area (Å²) in [5.74, 6) is -0.566. The minimum absolute atomic E-state index is 0.292. The zero-order chi connectivity index (χ0) is 14.0. The van der Waals surface area contributed by atoms with Crippen LogP contribution in [0.1, 0.15) is 15.2 Å². The molecule has 0 spiro atoms. The molecule has 0 saturated carbocycles. The van der Waals surface area contributed by atoms with Gasteiger partial charge in [-0.15, -0.1) is 11.3 Å². The van der Waals surface area contributed by atoms with Crippen LogP contribution in [0, 0.1) is 0 Å². The van der Waals surface area contributed by atoms with Gasteiger partial charge in [-0.3, -0.25) is 4.79 Å². The van der Waals surface area contributed by atoms with Crippen molar-refractivity contribution in [1.29, 1.82) is 0 Å². The Hall–Kier alpha value is -1.24. The Balaban J connectivity index is 2.26. The van der Waals surface area contributed by atoms with E-state index in [1.807, 2.05) is 11.4 Å². The molecule has 5 N–H and O–H groups in total. The number of carbonyl (C=O) groups is 1. The van der Waals surface area contributed by atoms with Crippen molar-refractivity contribution in [2.45, 2.75) is 6.54 Å². The largest absolute Gasteiger partial charge is 0.399 e. The van der Waals surface area contributed by atoms with Crippen LogP contribution >= 0.6 is 38.9 Å². The molecular weight excluding hydrogens is 350 g/mol. The summed E-state index contributed by atoms with van der Waals surface area (Å²) in [6.45, 7) is 0.556. The number of rotatable bonds is 4. The summed E-state index contributed by atoms with van der Waals surface area (Å²) in [5.41, 5.74) is 12.2. The fourth-order valence-corrected chi connectivity index (χ4v) is 3.31. The highest BCUT2D eigenvalue weighted by atomic mass is 79.9. The molecule has 2 rings (SSSR count). The van der Waals surface area contributed by atoms with Crippen LogP contribution in [0.2, 0.25) is 5.02 Å². The molecule has 4 nitrogen and oxygen atoms in total. The number of nitrogen functional groups attached to an aromatic ring is 1. The molecule has 0 aliphatic rings. The fourth-order valence-electron chi connectivity index (χ4n) is 1.62. The van der Waals surface area contributed by atoms with Gasteiger partial charge in [0.05, 0.1) is 16.3 Å². The summed E-state index contributed by atoms with van der Waals surface area (Å²) in [7, 11) is 0. The first-order chi connectivity index (χ1) is 8.97. The van der Waals surface area contributed by atoms with Crippen LogP contribution in [0.15, 0.2) is 28.1 Å². The molecule has 2 aromatic rings. The van der Waals surface area contributed by atoms with Gasteiger partial charge in [0.15, 0.2) is 0 Å². The van der Waals surface area contributed by atoms with Gasteiger partial charge in [0, 0.05) is 27.0 Å². The number of primary amides is 1. The molecule has 0 bridgehead atoms. The number of amides is 1. The molecule has 1 aromatic heterocycles. The van der Waals surface area contributed by atoms with Gasteiger partial charge in [0.1, 0.15) is 0 Å². The first-order valence-corrected chi connectivity index (χ1v) is 7.38. The SMILES string of the molecule is NC(=O)c1cc(N)cc(Cl)c1NCc1cc(Br)cs1. The van der Waals surface area contributed by atoms with Crippen molar-refractivity contribution < 1.29 is 4.79 Å². The lowest BCUT2D eigenvalue weighted by molar-refractivity contribution is 0.100. The van der Waals surface area contributed by atoms with E-state index in [0.29, 0.717) is 28.5 Å². The molecule has 0 unspecified atom stereocenters. The van der Waals surface area contributed by atoms with Crippen molar-refractivity contribution in [3.8, 4) is 0 Å². The lowest BCUT2D eigenvalue weighted by Gasteiger charge is -2.12. The van der Waals surface area contributed by atoms with Gasteiger partial charge in [-0.05, 0) is 34.1 Å². The summed E-state index contributed by atoms with van der Waals surface area (Å²) in [6.07, 6.45) is 0. The molecule has 19 heavy (non-hydrogen) atoms. The van der Waals surface area contributed by atoms with E-state index in [9.17, 15) is 4.79 Å². The molecule has 0 fully saturated rings. The van der Waals surface area contributed by atoms with E-state index in [1.165, 1.54) is 6.07 Å². The van der Waals surface area contributed by atoms with Crippen LogP contribution in [0.4, 0.5) is 11.4 Å². The van der Waals surface area contributed by atoms with Crippen LogP contribution in [-0.4, -0.2) is 5.91 Å². The van der Waals surface area contributed by atoms with Crippen molar-refractivity contribution in [3.05, 3.63) is 43.5 Å². The normalized spacial score (nSPS) is 10.4. The lowest BCUT2D eigenvalue weighted by Crippen LogP contribution is -2.15. The Labute approximate surface area is 127 Å². The van der Waals surface area contributed by atoms with E-state index >= 15 is 0 Å². The van der Waals surface area contributed by atoms with E-state index in [2.05, 4.69) is 21.2 Å². The molecule has 0 aliphatic carbocycles. The third-order valence-corrected chi connectivity index (χ3v) is 4.43. The number of nitrogens with two attached hydrogens (primary N) is 2. The zero-order valence-electron chi connectivity index (χ0n) is 9.74. The average Bonchev–Trinajstić information content (AvgIpc) is 2.73. The van der Waals surface area contributed by atoms with Crippen LogP contribution in [-0.2, 0) is 6.54 Å².